The summed E-state index contributed by atoms with van der Waals surface area (Å²) in [7, 11) is 0. The standard InChI is InChI=1S/C13H17N3O3/c1-13(2,3)15-9-10-4-5-11(16(17)18)12(8-10)19-7-6-14/h4-5,8,15H,7,9H2,1-3H3. The molecule has 0 saturated heterocycles. The van der Waals surface area contributed by atoms with Crippen LogP contribution in [0, 0.1) is 21.4 Å². The Labute approximate surface area is 112 Å². The molecule has 0 heterocycles. The van der Waals surface area contributed by atoms with E-state index in [-0.39, 0.29) is 23.6 Å². The Balaban J connectivity index is 2.91. The van der Waals surface area contributed by atoms with E-state index in [2.05, 4.69) is 5.32 Å². The second-order valence-electron chi connectivity index (χ2n) is 5.11. The summed E-state index contributed by atoms with van der Waals surface area (Å²) in [6, 6.07) is 6.46. The molecule has 6 nitrogen and oxygen atoms in total. The molecule has 19 heavy (non-hydrogen) atoms. The zero-order chi connectivity index (χ0) is 14.5. The van der Waals surface area contributed by atoms with E-state index in [4.69, 9.17) is 10.00 Å². The van der Waals surface area contributed by atoms with Gasteiger partial charge in [-0.2, -0.15) is 5.26 Å². The molecular formula is C13H17N3O3. The molecule has 102 valence electrons. The summed E-state index contributed by atoms with van der Waals surface area (Å²) < 4.78 is 5.09. The number of nitro benzene ring substituents is 1. The van der Waals surface area contributed by atoms with Crippen molar-refractivity contribution in [2.24, 2.45) is 0 Å². The number of nitriles is 1. The van der Waals surface area contributed by atoms with Crippen molar-refractivity contribution in [1.29, 1.82) is 5.26 Å². The maximum atomic E-state index is 10.8. The summed E-state index contributed by atoms with van der Waals surface area (Å²) in [5.74, 6) is 0.125. The Morgan fingerprint density at radius 1 is 1.47 bits per heavy atom. The van der Waals surface area contributed by atoms with Gasteiger partial charge in [-0.15, -0.1) is 0 Å². The van der Waals surface area contributed by atoms with Crippen molar-refractivity contribution in [3.63, 3.8) is 0 Å². The molecule has 0 bridgehead atoms. The number of rotatable bonds is 5. The summed E-state index contributed by atoms with van der Waals surface area (Å²) in [5, 5.41) is 22.6. The molecule has 0 unspecified atom stereocenters. The van der Waals surface area contributed by atoms with Gasteiger partial charge in [-0.3, -0.25) is 10.1 Å². The molecule has 6 heteroatoms. The number of nitro groups is 1. The number of ether oxygens (including phenoxy) is 1. The summed E-state index contributed by atoms with van der Waals surface area (Å²) in [5.41, 5.74) is 0.693. The molecule has 0 amide bonds. The lowest BCUT2D eigenvalue weighted by atomic mass is 10.1. The fraction of sp³-hybridized carbons (Fsp3) is 0.462. The molecule has 0 radical (unpaired) electrons. The van der Waals surface area contributed by atoms with E-state index in [0.717, 1.165) is 5.56 Å². The van der Waals surface area contributed by atoms with E-state index in [1.165, 1.54) is 6.07 Å². The van der Waals surface area contributed by atoms with Gasteiger partial charge in [-0.05, 0) is 32.4 Å². The highest BCUT2D eigenvalue weighted by Gasteiger charge is 2.16. The van der Waals surface area contributed by atoms with E-state index in [1.807, 2.05) is 20.8 Å². The van der Waals surface area contributed by atoms with Gasteiger partial charge in [-0.1, -0.05) is 6.07 Å². The minimum absolute atomic E-state index is 0.0462. The third-order valence-electron chi connectivity index (χ3n) is 2.34. The smallest absolute Gasteiger partial charge is 0.310 e. The largest absolute Gasteiger partial charge is 0.472 e. The Hall–Kier alpha value is -2.13. The summed E-state index contributed by atoms with van der Waals surface area (Å²) in [4.78, 5) is 10.3. The monoisotopic (exact) mass is 263 g/mol. The van der Waals surface area contributed by atoms with Crippen LogP contribution in [-0.2, 0) is 6.54 Å². The minimum Gasteiger partial charge on any atom is -0.472 e. The Morgan fingerprint density at radius 2 is 2.16 bits per heavy atom. The fourth-order valence-corrected chi connectivity index (χ4v) is 1.41. The maximum Gasteiger partial charge on any atom is 0.310 e. The number of benzene rings is 1. The first-order chi connectivity index (χ1) is 8.83. The third-order valence-corrected chi connectivity index (χ3v) is 2.34. The molecule has 1 aromatic carbocycles. The van der Waals surface area contributed by atoms with Crippen LogP contribution in [0.15, 0.2) is 18.2 Å². The van der Waals surface area contributed by atoms with Gasteiger partial charge in [0.25, 0.3) is 0 Å². The van der Waals surface area contributed by atoms with Gasteiger partial charge in [0.2, 0.25) is 0 Å². The van der Waals surface area contributed by atoms with Crippen LogP contribution in [-0.4, -0.2) is 17.1 Å². The summed E-state index contributed by atoms with van der Waals surface area (Å²) in [6.07, 6.45) is 0. The molecule has 0 aliphatic carbocycles. The van der Waals surface area contributed by atoms with Gasteiger partial charge in [-0.25, -0.2) is 0 Å². The van der Waals surface area contributed by atoms with Crippen molar-refractivity contribution in [3.05, 3.63) is 33.9 Å². The van der Waals surface area contributed by atoms with Crippen molar-refractivity contribution in [1.82, 2.24) is 5.32 Å². The van der Waals surface area contributed by atoms with Crippen LogP contribution in [0.1, 0.15) is 26.3 Å². The molecule has 1 aromatic rings. The highest BCUT2D eigenvalue weighted by molar-refractivity contribution is 5.48. The van der Waals surface area contributed by atoms with Crippen LogP contribution in [0.25, 0.3) is 0 Å². The molecule has 0 aromatic heterocycles. The quantitative estimate of drug-likeness (QED) is 0.650. The van der Waals surface area contributed by atoms with Crippen molar-refractivity contribution in [3.8, 4) is 11.8 Å². The van der Waals surface area contributed by atoms with Crippen molar-refractivity contribution >= 4 is 5.69 Å². The first-order valence-corrected chi connectivity index (χ1v) is 5.85. The molecule has 1 N–H and O–H groups in total. The highest BCUT2D eigenvalue weighted by Crippen LogP contribution is 2.28. The first-order valence-electron chi connectivity index (χ1n) is 5.85. The predicted molar refractivity (Wildman–Crippen MR) is 70.8 cm³/mol. The normalized spacial score (nSPS) is 10.8. The molecule has 0 fully saturated rings. The third kappa shape index (κ3) is 4.94. The predicted octanol–water partition coefficient (Wildman–Crippen LogP) is 2.39. The van der Waals surface area contributed by atoms with Crippen molar-refractivity contribution in [2.75, 3.05) is 6.61 Å². The molecule has 0 aliphatic heterocycles. The van der Waals surface area contributed by atoms with Gasteiger partial charge >= 0.3 is 5.69 Å². The van der Waals surface area contributed by atoms with Crippen LogP contribution in [0.4, 0.5) is 5.69 Å². The summed E-state index contributed by atoms with van der Waals surface area (Å²) in [6.45, 7) is 6.46. The number of nitrogens with zero attached hydrogens (tertiary/aromatic N) is 2. The van der Waals surface area contributed by atoms with Gasteiger partial charge in [0.15, 0.2) is 12.4 Å². The first kappa shape index (κ1) is 14.9. The molecule has 0 aliphatic rings. The fourth-order valence-electron chi connectivity index (χ4n) is 1.41. The Bertz CT molecular complexity index is 501. The highest BCUT2D eigenvalue weighted by atomic mass is 16.6. The Kier molecular flexibility index (Phi) is 4.84. The van der Waals surface area contributed by atoms with Gasteiger partial charge in [0.05, 0.1) is 4.92 Å². The van der Waals surface area contributed by atoms with Gasteiger partial charge in [0.1, 0.15) is 6.07 Å². The van der Waals surface area contributed by atoms with E-state index < -0.39 is 4.92 Å². The van der Waals surface area contributed by atoms with E-state index in [9.17, 15) is 10.1 Å². The van der Waals surface area contributed by atoms with Crippen LogP contribution in [0.3, 0.4) is 0 Å². The number of hydrogen-bond donors (Lipinski definition) is 1. The number of nitrogens with one attached hydrogen (secondary N) is 1. The topological polar surface area (TPSA) is 88.2 Å². The summed E-state index contributed by atoms with van der Waals surface area (Å²) >= 11 is 0. The molecule has 1 rings (SSSR count). The number of hydrogen-bond acceptors (Lipinski definition) is 5. The lowest BCUT2D eigenvalue weighted by Crippen LogP contribution is -2.35. The lowest BCUT2D eigenvalue weighted by molar-refractivity contribution is -0.385. The zero-order valence-corrected chi connectivity index (χ0v) is 11.3. The second kappa shape index (κ2) is 6.16. The lowest BCUT2D eigenvalue weighted by Gasteiger charge is -2.20. The molecular weight excluding hydrogens is 246 g/mol. The van der Waals surface area contributed by atoms with Crippen LogP contribution < -0.4 is 10.1 Å². The second-order valence-corrected chi connectivity index (χ2v) is 5.11. The average molecular weight is 263 g/mol. The van der Waals surface area contributed by atoms with E-state index in [1.54, 1.807) is 18.2 Å². The average Bonchev–Trinajstić information content (AvgIpc) is 2.32. The van der Waals surface area contributed by atoms with Crippen LogP contribution >= 0.6 is 0 Å². The molecule has 0 atom stereocenters. The van der Waals surface area contributed by atoms with Crippen molar-refractivity contribution in [2.45, 2.75) is 32.9 Å². The van der Waals surface area contributed by atoms with Crippen LogP contribution in [0.2, 0.25) is 0 Å². The molecule has 0 spiro atoms. The zero-order valence-electron chi connectivity index (χ0n) is 11.3. The maximum absolute atomic E-state index is 10.8. The SMILES string of the molecule is CC(C)(C)NCc1ccc([N+](=O)[O-])c(OCC#N)c1. The van der Waals surface area contributed by atoms with Gasteiger partial charge in [0, 0.05) is 18.2 Å². The molecule has 0 saturated carbocycles. The Morgan fingerprint density at radius 3 is 2.68 bits per heavy atom. The minimum atomic E-state index is -0.520. The van der Waals surface area contributed by atoms with Crippen LogP contribution in [0.5, 0.6) is 5.75 Å². The van der Waals surface area contributed by atoms with E-state index in [0.29, 0.717) is 6.54 Å². The van der Waals surface area contributed by atoms with E-state index >= 15 is 0 Å². The van der Waals surface area contributed by atoms with Crippen molar-refractivity contribution < 1.29 is 9.66 Å². The van der Waals surface area contributed by atoms with Gasteiger partial charge < -0.3 is 10.1 Å².